The van der Waals surface area contributed by atoms with Gasteiger partial charge in [0.2, 0.25) is 0 Å². The highest BCUT2D eigenvalue weighted by atomic mass is 19.4. The molecule has 1 atom stereocenters. The summed E-state index contributed by atoms with van der Waals surface area (Å²) in [6.45, 7) is 0.658. The average Bonchev–Trinajstić information content (AvgIpc) is 2.15. The predicted octanol–water partition coefficient (Wildman–Crippen LogP) is 0.746. The summed E-state index contributed by atoms with van der Waals surface area (Å²) in [6.07, 6.45) is -3.35. The molecule has 0 aliphatic carbocycles. The molecular weight excluding hydrogens is 197 g/mol. The van der Waals surface area contributed by atoms with Gasteiger partial charge in [-0.1, -0.05) is 0 Å². The zero-order valence-electron chi connectivity index (χ0n) is 7.68. The number of hydrogen-bond acceptors (Lipinski definition) is 2. The molecule has 6 heteroatoms. The van der Waals surface area contributed by atoms with E-state index >= 15 is 0 Å². The third kappa shape index (κ3) is 2.60. The molecule has 0 aromatic carbocycles. The highest BCUT2D eigenvalue weighted by Crippen LogP contribution is 2.23. The molecule has 1 heterocycles. The highest BCUT2D eigenvalue weighted by Gasteiger charge is 2.43. The number of likely N-dealkylation sites (tertiary alicyclic amines) is 1. The fraction of sp³-hybridized carbons (Fsp3) is 0.875. The van der Waals surface area contributed by atoms with Crippen LogP contribution in [0.15, 0.2) is 0 Å². The van der Waals surface area contributed by atoms with Crippen LogP contribution in [0.2, 0.25) is 0 Å². The number of alkyl halides is 3. The summed E-state index contributed by atoms with van der Waals surface area (Å²) in [6, 6.07) is 0. The number of nitrogens with zero attached hydrogens (tertiary/aromatic N) is 1. The summed E-state index contributed by atoms with van der Waals surface area (Å²) in [5.41, 5.74) is 5.36. The smallest absolute Gasteiger partial charge is 0.335 e. The van der Waals surface area contributed by atoms with Crippen LogP contribution in [0.5, 0.6) is 0 Å². The van der Waals surface area contributed by atoms with Crippen molar-refractivity contribution >= 4 is 5.91 Å². The number of carbonyl (C=O) groups is 1. The van der Waals surface area contributed by atoms with Crippen molar-refractivity contribution in [3.63, 3.8) is 0 Å². The van der Waals surface area contributed by atoms with E-state index in [-0.39, 0.29) is 19.0 Å². The normalized spacial score (nSPS) is 23.7. The quantitative estimate of drug-likeness (QED) is 0.694. The second-order valence-electron chi connectivity index (χ2n) is 3.49. The SMILES string of the molecule is NC[C@@H]1CCCN(C(=O)C(F)(F)F)C1. The maximum absolute atomic E-state index is 12.0. The Labute approximate surface area is 80.0 Å². The van der Waals surface area contributed by atoms with Crippen molar-refractivity contribution in [3.05, 3.63) is 0 Å². The van der Waals surface area contributed by atoms with Crippen LogP contribution in [0.4, 0.5) is 13.2 Å². The van der Waals surface area contributed by atoms with Crippen molar-refractivity contribution in [2.75, 3.05) is 19.6 Å². The Morgan fingerprint density at radius 3 is 2.64 bits per heavy atom. The molecular formula is C8H13F3N2O. The van der Waals surface area contributed by atoms with Gasteiger partial charge >= 0.3 is 12.1 Å². The van der Waals surface area contributed by atoms with Gasteiger partial charge in [-0.05, 0) is 25.3 Å². The molecule has 0 aromatic rings. The van der Waals surface area contributed by atoms with E-state index in [0.717, 1.165) is 11.3 Å². The van der Waals surface area contributed by atoms with Gasteiger partial charge in [0, 0.05) is 13.1 Å². The Morgan fingerprint density at radius 1 is 1.50 bits per heavy atom. The van der Waals surface area contributed by atoms with Gasteiger partial charge < -0.3 is 10.6 Å². The molecule has 0 radical (unpaired) electrons. The third-order valence-electron chi connectivity index (χ3n) is 2.38. The molecule has 1 fully saturated rings. The number of hydrogen-bond donors (Lipinski definition) is 1. The van der Waals surface area contributed by atoms with Gasteiger partial charge in [-0.3, -0.25) is 4.79 Å². The number of nitrogens with two attached hydrogens (primary N) is 1. The standard InChI is InChI=1S/C8H13F3N2O/c9-8(10,11)7(14)13-3-1-2-6(4-12)5-13/h6H,1-5,12H2/t6-/m0/s1. The Hall–Kier alpha value is -0.780. The van der Waals surface area contributed by atoms with Crippen molar-refractivity contribution in [1.29, 1.82) is 0 Å². The molecule has 0 unspecified atom stereocenters. The van der Waals surface area contributed by atoms with Gasteiger partial charge in [0.25, 0.3) is 0 Å². The second kappa shape index (κ2) is 4.16. The van der Waals surface area contributed by atoms with Crippen LogP contribution >= 0.6 is 0 Å². The molecule has 0 spiro atoms. The molecule has 1 rings (SSSR count). The first-order valence-corrected chi connectivity index (χ1v) is 4.51. The Kier molecular flexibility index (Phi) is 3.36. The Bertz CT molecular complexity index is 217. The fourth-order valence-corrected chi connectivity index (χ4v) is 1.62. The lowest BCUT2D eigenvalue weighted by Gasteiger charge is -2.32. The van der Waals surface area contributed by atoms with Crippen LogP contribution in [0.3, 0.4) is 0 Å². The number of amides is 1. The lowest BCUT2D eigenvalue weighted by atomic mass is 9.98. The van der Waals surface area contributed by atoms with E-state index < -0.39 is 12.1 Å². The van der Waals surface area contributed by atoms with Gasteiger partial charge in [-0.25, -0.2) is 0 Å². The lowest BCUT2D eigenvalue weighted by Crippen LogP contribution is -2.47. The number of piperidine rings is 1. The average molecular weight is 210 g/mol. The Morgan fingerprint density at radius 2 is 2.14 bits per heavy atom. The molecule has 1 amide bonds. The minimum atomic E-state index is -4.75. The minimum absolute atomic E-state index is 0.00931. The van der Waals surface area contributed by atoms with Crippen LogP contribution in [0.25, 0.3) is 0 Å². The fourth-order valence-electron chi connectivity index (χ4n) is 1.62. The highest BCUT2D eigenvalue weighted by molar-refractivity contribution is 5.81. The van der Waals surface area contributed by atoms with E-state index in [9.17, 15) is 18.0 Å². The number of rotatable bonds is 1. The van der Waals surface area contributed by atoms with Gasteiger partial charge in [0.1, 0.15) is 0 Å². The Balaban J connectivity index is 2.56. The summed E-state index contributed by atoms with van der Waals surface area (Å²) in [5.74, 6) is -1.73. The summed E-state index contributed by atoms with van der Waals surface area (Å²) < 4.78 is 36.1. The van der Waals surface area contributed by atoms with E-state index in [1.165, 1.54) is 0 Å². The topological polar surface area (TPSA) is 46.3 Å². The lowest BCUT2D eigenvalue weighted by molar-refractivity contribution is -0.187. The minimum Gasteiger partial charge on any atom is -0.335 e. The van der Waals surface area contributed by atoms with Crippen molar-refractivity contribution in [3.8, 4) is 0 Å². The molecule has 82 valence electrons. The predicted molar refractivity (Wildman–Crippen MR) is 44.4 cm³/mol. The van der Waals surface area contributed by atoms with E-state index in [1.54, 1.807) is 0 Å². The van der Waals surface area contributed by atoms with Gasteiger partial charge in [0.05, 0.1) is 0 Å². The number of halogens is 3. The van der Waals surface area contributed by atoms with E-state index in [0.29, 0.717) is 13.0 Å². The van der Waals surface area contributed by atoms with Crippen LogP contribution in [0, 0.1) is 5.92 Å². The monoisotopic (exact) mass is 210 g/mol. The van der Waals surface area contributed by atoms with Crippen LogP contribution in [0.1, 0.15) is 12.8 Å². The zero-order valence-corrected chi connectivity index (χ0v) is 7.68. The molecule has 3 nitrogen and oxygen atoms in total. The van der Waals surface area contributed by atoms with Gasteiger partial charge in [0.15, 0.2) is 0 Å². The maximum atomic E-state index is 12.0. The maximum Gasteiger partial charge on any atom is 0.471 e. The zero-order chi connectivity index (χ0) is 10.8. The van der Waals surface area contributed by atoms with Crippen molar-refractivity contribution < 1.29 is 18.0 Å². The van der Waals surface area contributed by atoms with E-state index in [2.05, 4.69) is 0 Å². The molecule has 1 saturated heterocycles. The van der Waals surface area contributed by atoms with Crippen LogP contribution in [-0.2, 0) is 4.79 Å². The first-order valence-electron chi connectivity index (χ1n) is 4.51. The molecule has 1 aliphatic rings. The summed E-state index contributed by atoms with van der Waals surface area (Å²) in [4.78, 5) is 11.7. The summed E-state index contributed by atoms with van der Waals surface area (Å²) in [5, 5.41) is 0. The molecule has 0 bridgehead atoms. The molecule has 14 heavy (non-hydrogen) atoms. The number of carbonyl (C=O) groups excluding carboxylic acids is 1. The third-order valence-corrected chi connectivity index (χ3v) is 2.38. The van der Waals surface area contributed by atoms with Crippen molar-refractivity contribution in [1.82, 2.24) is 4.90 Å². The summed E-state index contributed by atoms with van der Waals surface area (Å²) >= 11 is 0. The second-order valence-corrected chi connectivity index (χ2v) is 3.49. The van der Waals surface area contributed by atoms with Gasteiger partial charge in [-0.15, -0.1) is 0 Å². The molecule has 1 aliphatic heterocycles. The molecule has 0 aromatic heterocycles. The largest absolute Gasteiger partial charge is 0.471 e. The van der Waals surface area contributed by atoms with Crippen molar-refractivity contribution in [2.45, 2.75) is 19.0 Å². The first-order chi connectivity index (χ1) is 6.45. The van der Waals surface area contributed by atoms with Crippen LogP contribution < -0.4 is 5.73 Å². The summed E-state index contributed by atoms with van der Waals surface area (Å²) in [7, 11) is 0. The molecule has 0 saturated carbocycles. The van der Waals surface area contributed by atoms with Crippen molar-refractivity contribution in [2.24, 2.45) is 11.7 Å². The van der Waals surface area contributed by atoms with Crippen LogP contribution in [-0.4, -0.2) is 36.6 Å². The van der Waals surface area contributed by atoms with Gasteiger partial charge in [-0.2, -0.15) is 13.2 Å². The first kappa shape index (κ1) is 11.3. The van der Waals surface area contributed by atoms with E-state index in [4.69, 9.17) is 5.73 Å². The van der Waals surface area contributed by atoms with E-state index in [1.807, 2.05) is 0 Å². The molecule has 2 N–H and O–H groups in total.